The quantitative estimate of drug-likeness (QED) is 0.478. The molecule has 3 rings (SSSR count). The number of urea groups is 1. The molecule has 2 aromatic rings. The number of aliphatic hydroxyl groups is 1. The van der Waals surface area contributed by atoms with Crippen LogP contribution in [0.25, 0.3) is 0 Å². The molecule has 222 valence electrons. The van der Waals surface area contributed by atoms with Gasteiger partial charge in [0, 0.05) is 31.3 Å². The first-order valence-corrected chi connectivity index (χ1v) is 14.0. The summed E-state index contributed by atoms with van der Waals surface area (Å²) in [6.45, 7) is 10.9. The molecule has 0 radical (unpaired) electrons. The number of anilines is 2. The summed E-state index contributed by atoms with van der Waals surface area (Å²) in [7, 11) is 4.01. The number of ether oxygens (including phenoxy) is 2. The van der Waals surface area contributed by atoms with Crippen LogP contribution in [0.4, 0.5) is 16.2 Å². The van der Waals surface area contributed by atoms with Gasteiger partial charge in [0.25, 0.3) is 5.91 Å². The Morgan fingerprint density at radius 1 is 1.23 bits per heavy atom. The SMILES string of the molecule is Cc1noc(C)c1NC(=O)Nc1ccc2c(c1)C(=O)N([C@@H](C)CO)C[C@H](C)[C@@H](CN(C)C)OCCCC[C@H](C)O2. The van der Waals surface area contributed by atoms with Crippen LogP contribution in [-0.2, 0) is 4.74 Å². The second-order valence-electron chi connectivity index (χ2n) is 11.1. The van der Waals surface area contributed by atoms with Crippen molar-refractivity contribution in [2.45, 2.75) is 72.1 Å². The highest BCUT2D eigenvalue weighted by Crippen LogP contribution is 2.29. The van der Waals surface area contributed by atoms with Gasteiger partial charge >= 0.3 is 6.03 Å². The third-order valence-corrected chi connectivity index (χ3v) is 7.13. The van der Waals surface area contributed by atoms with Crippen LogP contribution in [0, 0.1) is 19.8 Å². The van der Waals surface area contributed by atoms with Gasteiger partial charge in [0.2, 0.25) is 0 Å². The highest BCUT2D eigenvalue weighted by atomic mass is 16.5. The van der Waals surface area contributed by atoms with Crippen molar-refractivity contribution in [1.82, 2.24) is 15.0 Å². The molecule has 1 aromatic carbocycles. The number of nitrogens with one attached hydrogen (secondary N) is 2. The lowest BCUT2D eigenvalue weighted by Gasteiger charge is -2.35. The smallest absolute Gasteiger partial charge is 0.323 e. The van der Waals surface area contributed by atoms with E-state index in [1.807, 2.05) is 27.9 Å². The molecule has 0 saturated heterocycles. The van der Waals surface area contributed by atoms with Gasteiger partial charge in [-0.15, -0.1) is 0 Å². The third kappa shape index (κ3) is 8.42. The summed E-state index contributed by atoms with van der Waals surface area (Å²) in [6.07, 6.45) is 2.45. The van der Waals surface area contributed by atoms with Crippen molar-refractivity contribution in [1.29, 1.82) is 0 Å². The maximum Gasteiger partial charge on any atom is 0.323 e. The van der Waals surface area contributed by atoms with Crippen molar-refractivity contribution in [3.63, 3.8) is 0 Å². The Labute approximate surface area is 237 Å². The summed E-state index contributed by atoms with van der Waals surface area (Å²) in [4.78, 5) is 30.6. The van der Waals surface area contributed by atoms with E-state index in [1.165, 1.54) is 0 Å². The van der Waals surface area contributed by atoms with E-state index in [9.17, 15) is 14.7 Å². The lowest BCUT2D eigenvalue weighted by molar-refractivity contribution is -0.0137. The number of nitrogens with zero attached hydrogens (tertiary/aromatic N) is 3. The fourth-order valence-electron chi connectivity index (χ4n) is 4.76. The highest BCUT2D eigenvalue weighted by Gasteiger charge is 2.30. The average Bonchev–Trinajstić information content (AvgIpc) is 3.22. The van der Waals surface area contributed by atoms with Crippen LogP contribution in [0.15, 0.2) is 22.7 Å². The van der Waals surface area contributed by atoms with Crippen LogP contribution in [0.2, 0.25) is 0 Å². The van der Waals surface area contributed by atoms with E-state index < -0.39 is 12.1 Å². The molecule has 1 aromatic heterocycles. The van der Waals surface area contributed by atoms with Crippen molar-refractivity contribution in [2.24, 2.45) is 5.92 Å². The number of aryl methyl sites for hydroxylation is 2. The first-order chi connectivity index (χ1) is 19.0. The van der Waals surface area contributed by atoms with Gasteiger partial charge in [-0.25, -0.2) is 4.79 Å². The molecule has 40 heavy (non-hydrogen) atoms. The number of carbonyl (C=O) groups is 2. The molecule has 1 aliphatic rings. The number of likely N-dealkylation sites (N-methyl/N-ethyl adjacent to an activating group) is 1. The molecule has 11 heteroatoms. The number of hydrogen-bond donors (Lipinski definition) is 3. The molecule has 0 fully saturated rings. The van der Waals surface area contributed by atoms with Crippen LogP contribution in [0.1, 0.15) is 61.8 Å². The van der Waals surface area contributed by atoms with Gasteiger partial charge in [-0.1, -0.05) is 12.1 Å². The first kappa shape index (κ1) is 31.4. The van der Waals surface area contributed by atoms with E-state index in [0.29, 0.717) is 47.3 Å². The Kier molecular flexibility index (Phi) is 11.4. The van der Waals surface area contributed by atoms with Gasteiger partial charge in [-0.05, 0) is 79.3 Å². The Hall–Kier alpha value is -3.15. The minimum atomic E-state index is -0.491. The van der Waals surface area contributed by atoms with E-state index in [2.05, 4.69) is 27.6 Å². The van der Waals surface area contributed by atoms with Crippen LogP contribution >= 0.6 is 0 Å². The Balaban J connectivity index is 1.94. The predicted octanol–water partition coefficient (Wildman–Crippen LogP) is 4.29. The molecular weight excluding hydrogens is 514 g/mol. The van der Waals surface area contributed by atoms with E-state index in [0.717, 1.165) is 25.8 Å². The number of carbonyl (C=O) groups excluding carboxylic acids is 2. The zero-order chi connectivity index (χ0) is 29.4. The molecule has 0 spiro atoms. The monoisotopic (exact) mass is 559 g/mol. The number of rotatable bonds is 6. The van der Waals surface area contributed by atoms with E-state index in [-0.39, 0.29) is 30.6 Å². The van der Waals surface area contributed by atoms with Crippen molar-refractivity contribution in [2.75, 3.05) is 51.0 Å². The summed E-state index contributed by atoms with van der Waals surface area (Å²) in [6, 6.07) is 4.11. The number of benzene rings is 1. The molecule has 11 nitrogen and oxygen atoms in total. The lowest BCUT2D eigenvalue weighted by Crippen LogP contribution is -2.47. The maximum atomic E-state index is 14.1. The van der Waals surface area contributed by atoms with Gasteiger partial charge in [0.15, 0.2) is 5.76 Å². The topological polar surface area (TPSA) is 129 Å². The minimum Gasteiger partial charge on any atom is -0.490 e. The van der Waals surface area contributed by atoms with E-state index >= 15 is 0 Å². The Bertz CT molecular complexity index is 1120. The second-order valence-corrected chi connectivity index (χ2v) is 11.1. The number of amides is 3. The molecule has 1 aliphatic heterocycles. The van der Waals surface area contributed by atoms with Gasteiger partial charge in [-0.2, -0.15) is 0 Å². The van der Waals surface area contributed by atoms with Gasteiger partial charge < -0.3 is 39.5 Å². The molecule has 0 aliphatic carbocycles. The van der Waals surface area contributed by atoms with Gasteiger partial charge in [-0.3, -0.25) is 4.79 Å². The summed E-state index contributed by atoms with van der Waals surface area (Å²) < 4.78 is 17.6. The number of hydrogen-bond acceptors (Lipinski definition) is 8. The first-order valence-electron chi connectivity index (χ1n) is 14.0. The summed E-state index contributed by atoms with van der Waals surface area (Å²) in [5, 5.41) is 19.5. The van der Waals surface area contributed by atoms with Crippen molar-refractivity contribution >= 4 is 23.3 Å². The predicted molar refractivity (Wildman–Crippen MR) is 154 cm³/mol. The largest absolute Gasteiger partial charge is 0.490 e. The minimum absolute atomic E-state index is 0.00807. The second kappa shape index (κ2) is 14.5. The number of aromatic nitrogens is 1. The fourth-order valence-corrected chi connectivity index (χ4v) is 4.76. The van der Waals surface area contributed by atoms with E-state index in [1.54, 1.807) is 36.9 Å². The summed E-state index contributed by atoms with van der Waals surface area (Å²) >= 11 is 0. The zero-order valence-electron chi connectivity index (χ0n) is 24.8. The normalized spacial score (nSPS) is 21.8. The number of aliphatic hydroxyl groups excluding tert-OH is 1. The van der Waals surface area contributed by atoms with Crippen LogP contribution in [0.3, 0.4) is 0 Å². The number of fused-ring (bicyclic) bond motifs is 1. The molecule has 0 bridgehead atoms. The summed E-state index contributed by atoms with van der Waals surface area (Å²) in [5.74, 6) is 0.656. The fraction of sp³-hybridized carbons (Fsp3) is 0.621. The van der Waals surface area contributed by atoms with Crippen molar-refractivity contribution in [3.8, 4) is 5.75 Å². The van der Waals surface area contributed by atoms with Crippen LogP contribution in [-0.4, -0.2) is 90.6 Å². The van der Waals surface area contributed by atoms with Crippen molar-refractivity contribution < 1.29 is 28.7 Å². The molecule has 3 N–H and O–H groups in total. The molecule has 0 unspecified atom stereocenters. The molecule has 2 heterocycles. The molecular formula is C29H45N5O6. The summed E-state index contributed by atoms with van der Waals surface area (Å²) in [5.41, 5.74) is 1.80. The van der Waals surface area contributed by atoms with E-state index in [4.69, 9.17) is 14.0 Å². The highest BCUT2D eigenvalue weighted by molar-refractivity contribution is 6.03. The van der Waals surface area contributed by atoms with Gasteiger partial charge in [0.05, 0.1) is 30.4 Å². The molecule has 3 amide bonds. The average molecular weight is 560 g/mol. The van der Waals surface area contributed by atoms with Crippen molar-refractivity contribution in [3.05, 3.63) is 35.2 Å². The Morgan fingerprint density at radius 2 is 1.98 bits per heavy atom. The lowest BCUT2D eigenvalue weighted by atomic mass is 10.0. The standard InChI is InChI=1S/C29H45N5O6/c1-18-15-34(19(2)17-35)28(36)24-14-23(30-29(37)31-27-21(4)32-40-22(27)5)11-12-25(24)39-20(3)10-8-9-13-38-26(18)16-33(6)7/h11-12,14,18-20,26,35H,8-10,13,15-17H2,1-7H3,(H2,30,31,37)/t18-,19-,20-,26+/m0/s1. The Morgan fingerprint density at radius 3 is 2.62 bits per heavy atom. The molecule has 0 saturated carbocycles. The van der Waals surface area contributed by atoms with Crippen LogP contribution < -0.4 is 15.4 Å². The zero-order valence-corrected chi connectivity index (χ0v) is 24.8. The third-order valence-electron chi connectivity index (χ3n) is 7.13. The van der Waals surface area contributed by atoms with Crippen LogP contribution in [0.5, 0.6) is 5.75 Å². The molecule has 4 atom stereocenters. The van der Waals surface area contributed by atoms with Gasteiger partial charge in [0.1, 0.15) is 17.1 Å². The maximum absolute atomic E-state index is 14.1.